The van der Waals surface area contributed by atoms with E-state index in [2.05, 4.69) is 20.0 Å². The number of aromatic hydroxyl groups is 1. The maximum absolute atomic E-state index is 13.8. The summed E-state index contributed by atoms with van der Waals surface area (Å²) >= 11 is 0.916. The second-order valence-corrected chi connectivity index (χ2v) is 11.6. The molecule has 1 aliphatic rings. The lowest BCUT2D eigenvalue weighted by atomic mass is 10.1. The largest absolute Gasteiger partial charge is 0.506 e. The molecule has 0 atom stereocenters. The van der Waals surface area contributed by atoms with E-state index in [0.29, 0.717) is 10.9 Å². The summed E-state index contributed by atoms with van der Waals surface area (Å²) in [6, 6.07) is 18.7. The van der Waals surface area contributed by atoms with Crippen molar-refractivity contribution in [1.29, 1.82) is 0 Å². The van der Waals surface area contributed by atoms with Gasteiger partial charge in [-0.3, -0.25) is 14.4 Å². The number of hydrogen-bond acceptors (Lipinski definition) is 9. The van der Waals surface area contributed by atoms with Crippen molar-refractivity contribution in [2.75, 3.05) is 10.6 Å². The highest BCUT2D eigenvalue weighted by molar-refractivity contribution is 7.90. The van der Waals surface area contributed by atoms with E-state index in [0.717, 1.165) is 16.9 Å². The number of nitrogens with one attached hydrogen (secondary N) is 2. The van der Waals surface area contributed by atoms with Crippen LogP contribution in [0.3, 0.4) is 0 Å². The molecule has 0 bridgehead atoms. The normalized spacial score (nSPS) is 13.6. The van der Waals surface area contributed by atoms with Crippen LogP contribution in [-0.2, 0) is 16.6 Å². The standard InChI is InChI=1S/C28H20N6O6S2/c29-24(36)16-10-11-20(30-12-16)31-26(37)18-14-41-27-23(18)42(39,40)33-25(32-27)21-22(35)17-8-4-5-9-19(17)34(28(21)38)13-15-6-2-1-3-7-15/h1-12,14,35H,13H2,(H2,29,36)(H,32,33)(H,30,31,37). The summed E-state index contributed by atoms with van der Waals surface area (Å²) in [4.78, 5) is 41.6. The molecule has 0 saturated carbocycles. The highest BCUT2D eigenvalue weighted by atomic mass is 32.2. The molecular formula is C28H20N6O6S2. The van der Waals surface area contributed by atoms with Crippen molar-refractivity contribution >= 4 is 60.7 Å². The Bertz CT molecular complexity index is 2100. The molecule has 210 valence electrons. The molecule has 6 rings (SSSR count). The van der Waals surface area contributed by atoms with Crippen molar-refractivity contribution in [3.63, 3.8) is 0 Å². The average molecular weight is 601 g/mol. The second-order valence-electron chi connectivity index (χ2n) is 9.22. The van der Waals surface area contributed by atoms with Crippen LogP contribution in [0.4, 0.5) is 10.8 Å². The number of benzene rings is 2. The molecule has 0 aliphatic carbocycles. The maximum atomic E-state index is 13.8. The molecule has 0 spiro atoms. The fourth-order valence-corrected chi connectivity index (χ4v) is 7.13. The first-order chi connectivity index (χ1) is 20.1. The second kappa shape index (κ2) is 10.2. The quantitative estimate of drug-likeness (QED) is 0.229. The predicted octanol–water partition coefficient (Wildman–Crippen LogP) is 3.12. The molecule has 0 radical (unpaired) electrons. The van der Waals surface area contributed by atoms with Gasteiger partial charge >= 0.3 is 0 Å². The van der Waals surface area contributed by atoms with Gasteiger partial charge in [0, 0.05) is 17.0 Å². The van der Waals surface area contributed by atoms with E-state index in [9.17, 15) is 27.9 Å². The van der Waals surface area contributed by atoms with Crippen LogP contribution >= 0.6 is 11.3 Å². The number of pyridine rings is 2. The Morgan fingerprint density at radius 2 is 1.79 bits per heavy atom. The number of nitrogens with zero attached hydrogens (tertiary/aromatic N) is 3. The topological polar surface area (TPSA) is 186 Å². The zero-order valence-electron chi connectivity index (χ0n) is 21.4. The van der Waals surface area contributed by atoms with Gasteiger partial charge < -0.3 is 26.0 Å². The van der Waals surface area contributed by atoms with Crippen molar-refractivity contribution < 1.29 is 23.1 Å². The highest BCUT2D eigenvalue weighted by Gasteiger charge is 2.35. The summed E-state index contributed by atoms with van der Waals surface area (Å²) in [6.07, 6.45) is 1.18. The van der Waals surface area contributed by atoms with Crippen molar-refractivity contribution in [1.82, 2.24) is 9.55 Å². The first-order valence-electron chi connectivity index (χ1n) is 12.3. The molecule has 4 heterocycles. The van der Waals surface area contributed by atoms with Gasteiger partial charge in [-0.1, -0.05) is 42.5 Å². The fourth-order valence-electron chi connectivity index (χ4n) is 4.57. The number of carbonyl (C=O) groups excluding carboxylic acids is 2. The van der Waals surface area contributed by atoms with E-state index in [-0.39, 0.29) is 44.8 Å². The number of primary amides is 1. The Hall–Kier alpha value is -5.34. The zero-order valence-corrected chi connectivity index (χ0v) is 23.1. The SMILES string of the molecule is NC(=O)c1ccc(NC(=O)c2csc3c2S(=O)(=O)N=C(c2c(O)c4ccccc4n(Cc4ccccc4)c2=O)N3)nc1. The molecule has 42 heavy (non-hydrogen) atoms. The average Bonchev–Trinajstić information content (AvgIpc) is 3.42. The van der Waals surface area contributed by atoms with Crippen LogP contribution in [0.1, 0.15) is 31.8 Å². The van der Waals surface area contributed by atoms with Gasteiger partial charge in [-0.05, 0) is 29.8 Å². The number of thiophene rings is 1. The number of hydrogen-bond donors (Lipinski definition) is 4. The van der Waals surface area contributed by atoms with E-state index < -0.39 is 33.1 Å². The number of amidine groups is 1. The Kier molecular flexibility index (Phi) is 6.55. The van der Waals surface area contributed by atoms with Gasteiger partial charge in [-0.15, -0.1) is 15.7 Å². The molecule has 5 N–H and O–H groups in total. The first kappa shape index (κ1) is 26.9. The van der Waals surface area contributed by atoms with Crippen LogP contribution in [0.5, 0.6) is 5.75 Å². The summed E-state index contributed by atoms with van der Waals surface area (Å²) in [5.41, 5.74) is 5.44. The summed E-state index contributed by atoms with van der Waals surface area (Å²) < 4.78 is 32.1. The third-order valence-corrected chi connectivity index (χ3v) is 8.93. The molecule has 12 nitrogen and oxygen atoms in total. The monoisotopic (exact) mass is 600 g/mol. The van der Waals surface area contributed by atoms with Crippen LogP contribution in [-0.4, -0.2) is 40.7 Å². The number of amides is 2. The van der Waals surface area contributed by atoms with E-state index >= 15 is 0 Å². The number of nitrogens with two attached hydrogens (primary N) is 1. The van der Waals surface area contributed by atoms with Crippen LogP contribution in [0.2, 0.25) is 0 Å². The minimum Gasteiger partial charge on any atom is -0.506 e. The van der Waals surface area contributed by atoms with Gasteiger partial charge in [-0.25, -0.2) is 4.98 Å². The number of aromatic nitrogens is 2. The number of sulfonamides is 1. The molecule has 0 fully saturated rings. The lowest BCUT2D eigenvalue weighted by Gasteiger charge is -2.19. The van der Waals surface area contributed by atoms with Gasteiger partial charge in [0.2, 0.25) is 5.91 Å². The summed E-state index contributed by atoms with van der Waals surface area (Å²) in [5.74, 6) is -2.20. The molecule has 2 amide bonds. The van der Waals surface area contributed by atoms with Gasteiger partial charge in [0.1, 0.15) is 27.0 Å². The first-order valence-corrected chi connectivity index (χ1v) is 14.7. The van der Waals surface area contributed by atoms with Crippen molar-refractivity contribution in [3.05, 3.63) is 111 Å². The van der Waals surface area contributed by atoms with E-state index in [1.54, 1.807) is 24.3 Å². The van der Waals surface area contributed by atoms with Crippen LogP contribution < -0.4 is 21.9 Å². The Labute approximate surface area is 241 Å². The minimum absolute atomic E-state index is 0.0451. The molecule has 3 aromatic heterocycles. The molecule has 5 aromatic rings. The molecule has 1 aliphatic heterocycles. The number of anilines is 2. The highest BCUT2D eigenvalue weighted by Crippen LogP contribution is 2.38. The van der Waals surface area contributed by atoms with Crippen LogP contribution in [0, 0.1) is 0 Å². The van der Waals surface area contributed by atoms with E-state index in [1.165, 1.54) is 28.3 Å². The van der Waals surface area contributed by atoms with Crippen molar-refractivity contribution in [2.45, 2.75) is 11.4 Å². The smallest absolute Gasteiger partial charge is 0.288 e. The zero-order chi connectivity index (χ0) is 29.6. The third kappa shape index (κ3) is 4.67. The van der Waals surface area contributed by atoms with Crippen LogP contribution in [0.25, 0.3) is 10.9 Å². The minimum atomic E-state index is -4.51. The maximum Gasteiger partial charge on any atom is 0.288 e. The predicted molar refractivity (Wildman–Crippen MR) is 158 cm³/mol. The Morgan fingerprint density at radius 3 is 2.50 bits per heavy atom. The number of fused-ring (bicyclic) bond motifs is 2. The summed E-state index contributed by atoms with van der Waals surface area (Å²) in [5, 5.41) is 18.2. The number of rotatable bonds is 6. The van der Waals surface area contributed by atoms with Gasteiger partial charge in [0.25, 0.3) is 21.5 Å². The van der Waals surface area contributed by atoms with Crippen molar-refractivity contribution in [3.8, 4) is 5.75 Å². The molecule has 0 unspecified atom stereocenters. The Balaban J connectivity index is 1.40. The fraction of sp³-hybridized carbons (Fsp3) is 0.0357. The molecular weight excluding hydrogens is 580 g/mol. The summed E-state index contributed by atoms with van der Waals surface area (Å²) in [6.45, 7) is 0.163. The molecule has 0 saturated heterocycles. The van der Waals surface area contributed by atoms with E-state index in [4.69, 9.17) is 5.73 Å². The lowest BCUT2D eigenvalue weighted by Crippen LogP contribution is -2.33. The van der Waals surface area contributed by atoms with E-state index in [1.807, 2.05) is 30.3 Å². The number of para-hydroxylation sites is 1. The molecule has 14 heteroatoms. The third-order valence-electron chi connectivity index (χ3n) is 6.55. The van der Waals surface area contributed by atoms with Crippen LogP contribution in [0.15, 0.2) is 92.4 Å². The lowest BCUT2D eigenvalue weighted by molar-refractivity contribution is 0.0998. The molecule has 2 aromatic carbocycles. The summed E-state index contributed by atoms with van der Waals surface area (Å²) in [7, 11) is -4.51. The number of carbonyl (C=O) groups is 2. The Morgan fingerprint density at radius 1 is 1.05 bits per heavy atom. The van der Waals surface area contributed by atoms with Gasteiger partial charge in [0.05, 0.1) is 23.2 Å². The van der Waals surface area contributed by atoms with Gasteiger partial charge in [0.15, 0.2) is 5.84 Å². The van der Waals surface area contributed by atoms with Crippen molar-refractivity contribution in [2.24, 2.45) is 10.1 Å². The van der Waals surface area contributed by atoms with Gasteiger partial charge in [-0.2, -0.15) is 8.42 Å².